The smallest absolute Gasteiger partial charge is 0.410 e. The monoisotopic (exact) mass is 289 g/mol. The standard InChI is InChI=1S/C14H12FN3O3/c15-11-8-9(13(16)18-20)6-7-12(11)17-14(19)21-10-4-2-1-3-5-10/h1-8,20H,(H2,16,18)(H,17,19). The van der Waals surface area contributed by atoms with E-state index in [-0.39, 0.29) is 17.1 Å². The molecule has 0 saturated carbocycles. The van der Waals surface area contributed by atoms with Gasteiger partial charge >= 0.3 is 6.09 Å². The number of carbonyl (C=O) groups excluding carboxylic acids is 1. The second kappa shape index (κ2) is 6.38. The van der Waals surface area contributed by atoms with Crippen LogP contribution in [0.1, 0.15) is 5.56 Å². The van der Waals surface area contributed by atoms with E-state index in [0.29, 0.717) is 5.75 Å². The summed E-state index contributed by atoms with van der Waals surface area (Å²) in [4.78, 5) is 11.6. The SMILES string of the molecule is N/C(=N/O)c1ccc(NC(=O)Oc2ccccc2)c(F)c1. The van der Waals surface area contributed by atoms with Gasteiger partial charge in [-0.1, -0.05) is 23.4 Å². The van der Waals surface area contributed by atoms with E-state index in [2.05, 4.69) is 10.5 Å². The number of oxime groups is 1. The van der Waals surface area contributed by atoms with Crippen LogP contribution in [0.15, 0.2) is 53.7 Å². The maximum atomic E-state index is 13.8. The molecule has 0 aromatic heterocycles. The largest absolute Gasteiger partial charge is 0.417 e. The highest BCUT2D eigenvalue weighted by atomic mass is 19.1. The number of nitrogens with two attached hydrogens (primary N) is 1. The minimum Gasteiger partial charge on any atom is -0.410 e. The quantitative estimate of drug-likeness (QED) is 0.350. The fraction of sp³-hybridized carbons (Fsp3) is 0. The van der Waals surface area contributed by atoms with Crippen LogP contribution < -0.4 is 15.8 Å². The number of benzene rings is 2. The molecule has 6 nitrogen and oxygen atoms in total. The molecule has 0 radical (unpaired) electrons. The summed E-state index contributed by atoms with van der Waals surface area (Å²) in [6.45, 7) is 0. The van der Waals surface area contributed by atoms with Crippen LogP contribution in [0.3, 0.4) is 0 Å². The Morgan fingerprint density at radius 2 is 1.95 bits per heavy atom. The summed E-state index contributed by atoms with van der Waals surface area (Å²) in [6, 6.07) is 12.1. The van der Waals surface area contributed by atoms with Crippen LogP contribution in [0.2, 0.25) is 0 Å². The number of hydrogen-bond acceptors (Lipinski definition) is 4. The van der Waals surface area contributed by atoms with Gasteiger partial charge in [0.15, 0.2) is 5.84 Å². The number of carbonyl (C=O) groups is 1. The highest BCUT2D eigenvalue weighted by molar-refractivity contribution is 5.97. The maximum Gasteiger partial charge on any atom is 0.417 e. The van der Waals surface area contributed by atoms with E-state index in [9.17, 15) is 9.18 Å². The number of nitrogens with one attached hydrogen (secondary N) is 1. The zero-order chi connectivity index (χ0) is 15.2. The van der Waals surface area contributed by atoms with Gasteiger partial charge in [-0.15, -0.1) is 0 Å². The molecule has 0 fully saturated rings. The first-order valence-corrected chi connectivity index (χ1v) is 5.91. The number of para-hydroxylation sites is 1. The molecule has 4 N–H and O–H groups in total. The van der Waals surface area contributed by atoms with E-state index in [0.717, 1.165) is 6.07 Å². The third-order valence-electron chi connectivity index (χ3n) is 2.56. The number of amides is 1. The van der Waals surface area contributed by atoms with Crippen LogP contribution in [0.25, 0.3) is 0 Å². The van der Waals surface area contributed by atoms with Crippen molar-refractivity contribution in [2.24, 2.45) is 10.9 Å². The summed E-state index contributed by atoms with van der Waals surface area (Å²) >= 11 is 0. The Bertz CT molecular complexity index is 674. The lowest BCUT2D eigenvalue weighted by Crippen LogP contribution is -2.18. The average Bonchev–Trinajstić information content (AvgIpc) is 2.49. The fourth-order valence-corrected chi connectivity index (χ4v) is 1.56. The van der Waals surface area contributed by atoms with Crippen LogP contribution in [0.5, 0.6) is 5.75 Å². The molecule has 21 heavy (non-hydrogen) atoms. The van der Waals surface area contributed by atoms with Crippen molar-refractivity contribution in [2.45, 2.75) is 0 Å². The van der Waals surface area contributed by atoms with Crippen LogP contribution in [0, 0.1) is 5.82 Å². The maximum absolute atomic E-state index is 13.8. The molecular formula is C14H12FN3O3. The summed E-state index contributed by atoms with van der Waals surface area (Å²) in [6.07, 6.45) is -0.823. The first kappa shape index (κ1) is 14.3. The minimum absolute atomic E-state index is 0.0783. The molecule has 2 aromatic rings. The molecule has 0 bridgehead atoms. The third-order valence-corrected chi connectivity index (χ3v) is 2.56. The zero-order valence-electron chi connectivity index (χ0n) is 10.8. The van der Waals surface area contributed by atoms with Crippen molar-refractivity contribution >= 4 is 17.6 Å². The van der Waals surface area contributed by atoms with Crippen molar-refractivity contribution in [3.05, 3.63) is 59.9 Å². The van der Waals surface area contributed by atoms with Gasteiger partial charge in [-0.2, -0.15) is 0 Å². The Labute approximate surface area is 119 Å². The summed E-state index contributed by atoms with van der Waals surface area (Å²) in [5.74, 6) is -0.625. The molecule has 108 valence electrons. The summed E-state index contributed by atoms with van der Waals surface area (Å²) < 4.78 is 18.8. The van der Waals surface area contributed by atoms with Crippen LogP contribution in [-0.2, 0) is 0 Å². The van der Waals surface area contributed by atoms with E-state index in [1.807, 2.05) is 0 Å². The topological polar surface area (TPSA) is 96.9 Å². The van der Waals surface area contributed by atoms with Gasteiger partial charge in [0, 0.05) is 5.56 Å². The normalized spacial score (nSPS) is 11.0. The van der Waals surface area contributed by atoms with Crippen molar-refractivity contribution < 1.29 is 19.1 Å². The Morgan fingerprint density at radius 1 is 1.24 bits per heavy atom. The lowest BCUT2D eigenvalue weighted by molar-refractivity contribution is 0.215. The van der Waals surface area contributed by atoms with Crippen molar-refractivity contribution in [1.82, 2.24) is 0 Å². The Kier molecular flexibility index (Phi) is 4.35. The lowest BCUT2D eigenvalue weighted by Gasteiger charge is -2.08. The molecule has 2 aromatic carbocycles. The molecule has 0 saturated heterocycles. The number of ether oxygens (including phenoxy) is 1. The number of nitrogens with zero attached hydrogens (tertiary/aromatic N) is 1. The minimum atomic E-state index is -0.823. The zero-order valence-corrected chi connectivity index (χ0v) is 10.8. The molecule has 7 heteroatoms. The van der Waals surface area contributed by atoms with Gasteiger partial charge in [0.05, 0.1) is 5.69 Å². The summed E-state index contributed by atoms with van der Waals surface area (Å²) in [5.41, 5.74) is 5.45. The number of amidine groups is 1. The third kappa shape index (κ3) is 3.69. The van der Waals surface area contributed by atoms with Crippen molar-refractivity contribution in [1.29, 1.82) is 0 Å². The molecule has 0 aliphatic carbocycles. The number of rotatable bonds is 3. The van der Waals surface area contributed by atoms with Gasteiger partial charge in [0.25, 0.3) is 0 Å². The van der Waals surface area contributed by atoms with Gasteiger partial charge in [-0.3, -0.25) is 5.32 Å². The lowest BCUT2D eigenvalue weighted by atomic mass is 10.2. The van der Waals surface area contributed by atoms with E-state index in [1.165, 1.54) is 12.1 Å². The predicted octanol–water partition coefficient (Wildman–Crippen LogP) is 2.53. The van der Waals surface area contributed by atoms with E-state index < -0.39 is 11.9 Å². The van der Waals surface area contributed by atoms with E-state index in [1.54, 1.807) is 30.3 Å². The highest BCUT2D eigenvalue weighted by Crippen LogP contribution is 2.17. The van der Waals surface area contributed by atoms with Gasteiger partial charge < -0.3 is 15.7 Å². The molecule has 0 atom stereocenters. The van der Waals surface area contributed by atoms with Crippen LogP contribution in [0.4, 0.5) is 14.9 Å². The van der Waals surface area contributed by atoms with E-state index in [4.69, 9.17) is 15.7 Å². The number of anilines is 1. The molecule has 2 rings (SSSR count). The molecular weight excluding hydrogens is 277 g/mol. The summed E-state index contributed by atoms with van der Waals surface area (Å²) in [7, 11) is 0. The second-order valence-electron chi connectivity index (χ2n) is 4.01. The Balaban J connectivity index is 2.08. The van der Waals surface area contributed by atoms with Gasteiger partial charge in [-0.05, 0) is 30.3 Å². The molecule has 1 amide bonds. The second-order valence-corrected chi connectivity index (χ2v) is 4.01. The van der Waals surface area contributed by atoms with Gasteiger partial charge in [-0.25, -0.2) is 9.18 Å². The number of halogens is 1. The molecule has 0 heterocycles. The molecule has 0 unspecified atom stereocenters. The average molecular weight is 289 g/mol. The molecule has 0 spiro atoms. The van der Waals surface area contributed by atoms with Crippen LogP contribution >= 0.6 is 0 Å². The Morgan fingerprint density at radius 3 is 2.57 bits per heavy atom. The number of hydrogen-bond donors (Lipinski definition) is 3. The van der Waals surface area contributed by atoms with Crippen molar-refractivity contribution in [3.8, 4) is 5.75 Å². The molecule has 0 aliphatic heterocycles. The van der Waals surface area contributed by atoms with Gasteiger partial charge in [0.2, 0.25) is 0 Å². The first-order chi connectivity index (χ1) is 10.1. The van der Waals surface area contributed by atoms with Crippen LogP contribution in [-0.4, -0.2) is 17.1 Å². The van der Waals surface area contributed by atoms with Gasteiger partial charge in [0.1, 0.15) is 11.6 Å². The Hall–Kier alpha value is -3.09. The molecule has 0 aliphatic rings. The summed E-state index contributed by atoms with van der Waals surface area (Å²) in [5, 5.41) is 13.5. The predicted molar refractivity (Wildman–Crippen MR) is 75.0 cm³/mol. The first-order valence-electron chi connectivity index (χ1n) is 5.91. The van der Waals surface area contributed by atoms with Crippen molar-refractivity contribution in [2.75, 3.05) is 5.32 Å². The van der Waals surface area contributed by atoms with Crippen molar-refractivity contribution in [3.63, 3.8) is 0 Å². The highest BCUT2D eigenvalue weighted by Gasteiger charge is 2.10. The van der Waals surface area contributed by atoms with E-state index >= 15 is 0 Å². The fourth-order valence-electron chi connectivity index (χ4n) is 1.56.